The van der Waals surface area contributed by atoms with Crippen LogP contribution in [0.1, 0.15) is 29.3 Å². The van der Waals surface area contributed by atoms with Crippen LogP contribution >= 0.6 is 0 Å². The van der Waals surface area contributed by atoms with Gasteiger partial charge in [0.1, 0.15) is 17.1 Å². The number of likely N-dealkylation sites (N-methyl/N-ethyl adjacent to an activating group) is 1. The van der Waals surface area contributed by atoms with Crippen LogP contribution in [0.2, 0.25) is 0 Å². The highest BCUT2D eigenvalue weighted by Gasteiger charge is 2.63. The van der Waals surface area contributed by atoms with Crippen LogP contribution in [0.15, 0.2) is 34.8 Å². The van der Waals surface area contributed by atoms with Crippen molar-refractivity contribution in [3.8, 4) is 5.75 Å². The Hall–Kier alpha value is -3.78. The van der Waals surface area contributed by atoms with Gasteiger partial charge in [-0.1, -0.05) is 6.07 Å². The second-order valence-electron chi connectivity index (χ2n) is 11.4. The smallest absolute Gasteiger partial charge is 0.255 e. The Bertz CT molecular complexity index is 1420. The molecule has 3 aliphatic carbocycles. The first kappa shape index (κ1) is 28.7. The maximum Gasteiger partial charge on any atom is 0.255 e. The zero-order chi connectivity index (χ0) is 30.0. The van der Waals surface area contributed by atoms with Crippen LogP contribution in [0, 0.1) is 11.8 Å². The number of ether oxygens (including phenoxy) is 1. The summed E-state index contributed by atoms with van der Waals surface area (Å²) in [5, 5.41) is 47.6. The molecule has 1 aromatic rings. The van der Waals surface area contributed by atoms with E-state index in [1.54, 1.807) is 20.2 Å². The molecule has 1 aromatic carbocycles. The molecule has 0 radical (unpaired) electrons. The second-order valence-corrected chi connectivity index (χ2v) is 11.4. The number of carbonyl (C=O) groups excluding carboxylic acids is 4. The first-order valence-corrected chi connectivity index (χ1v) is 13.4. The molecule has 1 aliphatic heterocycles. The number of ketones is 2. The monoisotopic (exact) mass is 570 g/mol. The summed E-state index contributed by atoms with van der Waals surface area (Å²) in [4.78, 5) is 55.5. The highest BCUT2D eigenvalue weighted by atomic mass is 16.5. The summed E-state index contributed by atoms with van der Waals surface area (Å²) in [6.45, 7) is 3.54. The van der Waals surface area contributed by atoms with E-state index in [9.17, 15) is 39.6 Å². The predicted molar refractivity (Wildman–Crippen MR) is 144 cm³/mol. The second kappa shape index (κ2) is 10.2. The summed E-state index contributed by atoms with van der Waals surface area (Å²) in [5.41, 5.74) is 1.82. The van der Waals surface area contributed by atoms with Gasteiger partial charge in [-0.15, -0.1) is 0 Å². The number of anilines is 1. The lowest BCUT2D eigenvalue weighted by Gasteiger charge is -2.50. The number of nitrogens with one attached hydrogen (secondary N) is 1. The molecule has 4 aliphatic rings. The molecule has 5 rings (SSSR count). The van der Waals surface area contributed by atoms with Gasteiger partial charge in [-0.25, -0.2) is 0 Å². The molecule has 7 N–H and O–H groups in total. The fraction of sp³-hybridized carbons (Fsp3) is 0.500. The Labute approximate surface area is 235 Å². The van der Waals surface area contributed by atoms with Crippen molar-refractivity contribution in [1.82, 2.24) is 9.80 Å². The van der Waals surface area contributed by atoms with E-state index >= 15 is 0 Å². The topological polar surface area (TPSA) is 203 Å². The van der Waals surface area contributed by atoms with Crippen molar-refractivity contribution in [3.05, 3.63) is 45.9 Å². The largest absolute Gasteiger partial charge is 0.510 e. The van der Waals surface area contributed by atoms with Crippen LogP contribution in [-0.4, -0.2) is 112 Å². The number of rotatable bonds is 5. The van der Waals surface area contributed by atoms with Gasteiger partial charge in [-0.2, -0.15) is 0 Å². The van der Waals surface area contributed by atoms with Gasteiger partial charge >= 0.3 is 0 Å². The first-order chi connectivity index (χ1) is 19.3. The highest BCUT2D eigenvalue weighted by Crippen LogP contribution is 2.52. The predicted octanol–water partition coefficient (Wildman–Crippen LogP) is -0.220. The molecule has 5 atom stereocenters. The molecule has 3 unspecified atom stereocenters. The van der Waals surface area contributed by atoms with Crippen molar-refractivity contribution >= 4 is 29.1 Å². The molecule has 13 nitrogen and oxygen atoms in total. The minimum Gasteiger partial charge on any atom is -0.510 e. The lowest BCUT2D eigenvalue weighted by molar-refractivity contribution is -0.148. The Morgan fingerprint density at radius 3 is 2.56 bits per heavy atom. The van der Waals surface area contributed by atoms with Gasteiger partial charge in [0, 0.05) is 24.1 Å². The molecule has 2 amide bonds. The molecule has 41 heavy (non-hydrogen) atoms. The van der Waals surface area contributed by atoms with E-state index < -0.39 is 69.7 Å². The van der Waals surface area contributed by atoms with Gasteiger partial charge in [-0.05, 0) is 51.4 Å². The number of hydrogen-bond acceptors (Lipinski definition) is 11. The summed E-state index contributed by atoms with van der Waals surface area (Å²) in [7, 11) is 3.14. The van der Waals surface area contributed by atoms with Crippen molar-refractivity contribution in [3.63, 3.8) is 0 Å². The minimum absolute atomic E-state index is 0.000708. The first-order valence-electron chi connectivity index (χ1n) is 13.4. The number of carbonyl (C=O) groups is 4. The molecule has 1 heterocycles. The summed E-state index contributed by atoms with van der Waals surface area (Å²) in [6.07, 6.45) is 0.171. The number of fused-ring (bicyclic) bond motifs is 3. The Balaban J connectivity index is 1.51. The number of morpholine rings is 1. The Kier molecular flexibility index (Phi) is 7.18. The Morgan fingerprint density at radius 2 is 1.93 bits per heavy atom. The summed E-state index contributed by atoms with van der Waals surface area (Å²) in [6, 6.07) is 2.08. The van der Waals surface area contributed by atoms with Gasteiger partial charge < -0.3 is 36.2 Å². The number of primary amides is 1. The summed E-state index contributed by atoms with van der Waals surface area (Å²) < 4.78 is 5.39. The Morgan fingerprint density at radius 1 is 1.22 bits per heavy atom. The SMILES string of the molecule is CC1COCCN1CC(=O)Nc1ccc2c(c1O)C(=O)C1=C(O)[C@]3(O)C(=O)C(C(N)=O)=C(O)[C@@H](N(C)C)C3CC1C2. The van der Waals surface area contributed by atoms with E-state index in [0.29, 0.717) is 25.3 Å². The molecular formula is C28H34N4O9. The van der Waals surface area contributed by atoms with Crippen LogP contribution in [0.4, 0.5) is 5.69 Å². The zero-order valence-corrected chi connectivity index (χ0v) is 23.0. The highest BCUT2D eigenvalue weighted by molar-refractivity contribution is 6.25. The number of Topliss-reactive ketones (excluding diaryl/α,β-unsaturated/α-hetero) is 2. The lowest BCUT2D eigenvalue weighted by atomic mass is 9.58. The average Bonchev–Trinajstić information content (AvgIpc) is 2.89. The van der Waals surface area contributed by atoms with Gasteiger partial charge in [0.15, 0.2) is 17.1 Å². The number of nitrogens with two attached hydrogens (primary N) is 1. The molecule has 13 heteroatoms. The number of phenolic OH excluding ortho intramolecular Hbond substituents is 1. The van der Waals surface area contributed by atoms with Gasteiger partial charge in [0.25, 0.3) is 5.91 Å². The standard InChI is InChI=1S/C28H34N4O9/c1-12-11-41-7-6-32(12)10-17(33)30-16-5-4-13-8-14-9-15-21(31(2)3)24(36)20(27(29)39)26(38)28(15,40)25(37)19(14)23(35)18(13)22(16)34/h4-5,12,14-15,21,34,36-37,40H,6-11H2,1-3H3,(H2,29,39)(H,30,33)/t12?,14?,15?,21-,28-/m0/s1. The number of phenols is 1. The van der Waals surface area contributed by atoms with Gasteiger partial charge in [0.2, 0.25) is 11.7 Å². The van der Waals surface area contributed by atoms with Crippen LogP contribution in [0.3, 0.4) is 0 Å². The van der Waals surface area contributed by atoms with Crippen molar-refractivity contribution < 1.29 is 44.3 Å². The maximum absolute atomic E-state index is 13.8. The number of aliphatic hydroxyl groups is 3. The normalized spacial score (nSPS) is 30.2. The van der Waals surface area contributed by atoms with Crippen LogP contribution < -0.4 is 11.1 Å². The molecule has 0 saturated carbocycles. The molecule has 0 aromatic heterocycles. The number of benzene rings is 1. The van der Waals surface area contributed by atoms with Crippen molar-refractivity contribution in [2.24, 2.45) is 17.6 Å². The van der Waals surface area contributed by atoms with Gasteiger partial charge in [-0.3, -0.25) is 29.0 Å². The van der Waals surface area contributed by atoms with E-state index in [1.165, 1.54) is 11.0 Å². The zero-order valence-electron chi connectivity index (χ0n) is 23.0. The molecule has 1 fully saturated rings. The number of allylic oxidation sites excluding steroid dienone is 1. The van der Waals surface area contributed by atoms with Crippen LogP contribution in [-0.2, 0) is 25.5 Å². The molecular weight excluding hydrogens is 536 g/mol. The third-order valence-corrected chi connectivity index (χ3v) is 8.72. The number of aromatic hydroxyl groups is 1. The maximum atomic E-state index is 13.8. The summed E-state index contributed by atoms with van der Waals surface area (Å²) >= 11 is 0. The molecule has 0 spiro atoms. The average molecular weight is 571 g/mol. The van der Waals surface area contributed by atoms with Crippen molar-refractivity contribution in [1.29, 1.82) is 0 Å². The fourth-order valence-electron chi connectivity index (χ4n) is 6.70. The number of aliphatic hydroxyl groups excluding tert-OH is 2. The van der Waals surface area contributed by atoms with E-state index in [0.717, 1.165) is 0 Å². The number of hydrogen-bond donors (Lipinski definition) is 6. The van der Waals surface area contributed by atoms with E-state index in [1.807, 2.05) is 11.8 Å². The van der Waals surface area contributed by atoms with E-state index in [4.69, 9.17) is 10.5 Å². The van der Waals surface area contributed by atoms with Crippen LogP contribution in [0.25, 0.3) is 0 Å². The third kappa shape index (κ3) is 4.40. The molecule has 220 valence electrons. The third-order valence-electron chi connectivity index (χ3n) is 8.72. The summed E-state index contributed by atoms with van der Waals surface area (Å²) in [5.74, 6) is -7.61. The van der Waals surface area contributed by atoms with Crippen LogP contribution in [0.5, 0.6) is 5.75 Å². The molecule has 0 bridgehead atoms. The quantitative estimate of drug-likeness (QED) is 0.202. The number of amides is 2. The van der Waals surface area contributed by atoms with Crippen molar-refractivity contribution in [2.45, 2.75) is 37.5 Å². The van der Waals surface area contributed by atoms with E-state index in [2.05, 4.69) is 5.32 Å². The van der Waals surface area contributed by atoms with Crippen molar-refractivity contribution in [2.75, 3.05) is 45.7 Å². The molecule has 1 saturated heterocycles. The van der Waals surface area contributed by atoms with E-state index in [-0.39, 0.29) is 42.3 Å². The minimum atomic E-state index is -2.71. The number of nitrogens with zero attached hydrogens (tertiary/aromatic N) is 2. The lowest BCUT2D eigenvalue weighted by Crippen LogP contribution is -2.63. The fourth-order valence-corrected chi connectivity index (χ4v) is 6.70. The van der Waals surface area contributed by atoms with Gasteiger partial charge in [0.05, 0.1) is 37.1 Å².